The average molecular weight is 601 g/mol. The molecule has 3 aromatic rings. The van der Waals surface area contributed by atoms with Crippen molar-refractivity contribution >= 4 is 23.5 Å². The Bertz CT molecular complexity index is 1580. The van der Waals surface area contributed by atoms with Gasteiger partial charge in [-0.3, -0.25) is 9.59 Å². The van der Waals surface area contributed by atoms with Crippen LogP contribution in [-0.4, -0.2) is 71.7 Å². The number of pyridine rings is 2. The van der Waals surface area contributed by atoms with Crippen LogP contribution in [0.15, 0.2) is 41.3 Å². The molecule has 0 atom stereocenters. The number of aromatic amines is 1. The number of hydrogen-bond acceptors (Lipinski definition) is 7. The molecule has 2 aliphatic rings. The summed E-state index contributed by atoms with van der Waals surface area (Å²) in [5.41, 5.74) is 6.15. The fraction of sp³-hybridized carbons (Fsp3) is 0.471. The van der Waals surface area contributed by atoms with E-state index < -0.39 is 5.60 Å². The summed E-state index contributed by atoms with van der Waals surface area (Å²) in [5, 5.41) is 3.01. The zero-order valence-corrected chi connectivity index (χ0v) is 26.7. The van der Waals surface area contributed by atoms with Crippen molar-refractivity contribution in [2.45, 2.75) is 66.5 Å². The lowest BCUT2D eigenvalue weighted by Crippen LogP contribution is -2.50. The van der Waals surface area contributed by atoms with Gasteiger partial charge in [-0.25, -0.2) is 9.78 Å². The second-order valence-corrected chi connectivity index (χ2v) is 12.7. The molecule has 0 unspecified atom stereocenters. The number of amides is 2. The topological polar surface area (TPSA) is 111 Å². The summed E-state index contributed by atoms with van der Waals surface area (Å²) in [5.74, 6) is 0.663. The predicted octanol–water partition coefficient (Wildman–Crippen LogP) is 4.81. The molecule has 0 saturated carbocycles. The van der Waals surface area contributed by atoms with Crippen molar-refractivity contribution in [2.24, 2.45) is 0 Å². The number of carbonyl (C=O) groups is 2. The first-order valence-electron chi connectivity index (χ1n) is 15.5. The standard InChI is InChI=1S/C34H44N6O4/c1-7-11-38-12-10-26-27(31(41)36-21-28-22(2)17-23(3)37-32(28)42)18-25(19-29(26)38)24-8-9-30(35-20-24)39-13-15-40(16-14-39)33(43)44-34(4,5)6/h8-9,17-20H,7,10-16,21H2,1-6H3,(H,36,41)(H,37,42). The van der Waals surface area contributed by atoms with Crippen LogP contribution in [0, 0.1) is 13.8 Å². The molecule has 2 N–H and O–H groups in total. The van der Waals surface area contributed by atoms with Gasteiger partial charge in [0.05, 0.1) is 0 Å². The maximum Gasteiger partial charge on any atom is 0.410 e. The number of nitrogens with one attached hydrogen (secondary N) is 2. The molecule has 44 heavy (non-hydrogen) atoms. The SMILES string of the molecule is CCCN1CCc2c(C(=O)NCc3c(C)cc(C)[nH]c3=O)cc(-c3ccc(N4CCN(C(=O)OC(C)(C)C)CC4)nc3)cc21. The summed E-state index contributed by atoms with van der Waals surface area (Å²) in [4.78, 5) is 52.5. The van der Waals surface area contributed by atoms with Crippen LogP contribution in [-0.2, 0) is 17.7 Å². The van der Waals surface area contributed by atoms with Crippen molar-refractivity contribution in [3.63, 3.8) is 0 Å². The van der Waals surface area contributed by atoms with E-state index in [1.165, 1.54) is 0 Å². The summed E-state index contributed by atoms with van der Waals surface area (Å²) >= 11 is 0. The largest absolute Gasteiger partial charge is 0.444 e. The Labute approximate surface area is 259 Å². The number of ether oxygens (including phenoxy) is 1. The third-order valence-electron chi connectivity index (χ3n) is 8.19. The molecule has 0 radical (unpaired) electrons. The number of fused-ring (bicyclic) bond motifs is 1. The number of aryl methyl sites for hydroxylation is 2. The van der Waals surface area contributed by atoms with Crippen molar-refractivity contribution in [3.05, 3.63) is 74.8 Å². The predicted molar refractivity (Wildman–Crippen MR) is 174 cm³/mol. The molecule has 1 aromatic carbocycles. The van der Waals surface area contributed by atoms with E-state index in [9.17, 15) is 14.4 Å². The first-order chi connectivity index (χ1) is 20.9. The van der Waals surface area contributed by atoms with Crippen LogP contribution >= 0.6 is 0 Å². The highest BCUT2D eigenvalue weighted by Crippen LogP contribution is 2.36. The van der Waals surface area contributed by atoms with Gasteiger partial charge in [0.25, 0.3) is 11.5 Å². The number of nitrogens with zero attached hydrogens (tertiary/aromatic N) is 4. The van der Waals surface area contributed by atoms with Gasteiger partial charge in [-0.2, -0.15) is 0 Å². The van der Waals surface area contributed by atoms with Crippen LogP contribution in [0.3, 0.4) is 0 Å². The van der Waals surface area contributed by atoms with Gasteiger partial charge in [-0.1, -0.05) is 6.92 Å². The minimum atomic E-state index is -0.517. The van der Waals surface area contributed by atoms with Gasteiger partial charge in [-0.05, 0) is 94.5 Å². The maximum atomic E-state index is 13.6. The number of hydrogen-bond donors (Lipinski definition) is 2. The van der Waals surface area contributed by atoms with Crippen LogP contribution in [0.2, 0.25) is 0 Å². The average Bonchev–Trinajstić information content (AvgIpc) is 3.38. The lowest BCUT2D eigenvalue weighted by atomic mass is 9.97. The van der Waals surface area contributed by atoms with E-state index in [2.05, 4.69) is 33.1 Å². The first-order valence-corrected chi connectivity index (χ1v) is 15.5. The molecule has 0 aliphatic carbocycles. The summed E-state index contributed by atoms with van der Waals surface area (Å²) in [7, 11) is 0. The van der Waals surface area contributed by atoms with Gasteiger partial charge in [0.2, 0.25) is 0 Å². The molecule has 10 nitrogen and oxygen atoms in total. The second-order valence-electron chi connectivity index (χ2n) is 12.7. The Morgan fingerprint density at radius 3 is 2.41 bits per heavy atom. The summed E-state index contributed by atoms with van der Waals surface area (Å²) < 4.78 is 5.52. The molecular weight excluding hydrogens is 556 g/mol. The van der Waals surface area contributed by atoms with Gasteiger partial charge in [-0.15, -0.1) is 0 Å². The van der Waals surface area contributed by atoms with Gasteiger partial charge in [0, 0.05) is 80.1 Å². The third-order valence-corrected chi connectivity index (χ3v) is 8.19. The van der Waals surface area contributed by atoms with Crippen molar-refractivity contribution in [3.8, 4) is 11.1 Å². The Morgan fingerprint density at radius 2 is 1.77 bits per heavy atom. The van der Waals surface area contributed by atoms with Crippen LogP contribution in [0.5, 0.6) is 0 Å². The highest BCUT2D eigenvalue weighted by Gasteiger charge is 2.28. The number of aromatic nitrogens is 2. The molecule has 10 heteroatoms. The van der Waals surface area contributed by atoms with Crippen molar-refractivity contribution in [2.75, 3.05) is 49.1 Å². The lowest BCUT2D eigenvalue weighted by molar-refractivity contribution is 0.0240. The molecule has 0 spiro atoms. The Morgan fingerprint density at radius 1 is 1.02 bits per heavy atom. The van der Waals surface area contributed by atoms with Gasteiger partial charge >= 0.3 is 6.09 Å². The highest BCUT2D eigenvalue weighted by atomic mass is 16.6. The summed E-state index contributed by atoms with van der Waals surface area (Å²) in [6.07, 6.45) is 3.38. The summed E-state index contributed by atoms with van der Waals surface area (Å²) in [6.45, 7) is 16.0. The molecule has 234 valence electrons. The number of piperazine rings is 1. The van der Waals surface area contributed by atoms with E-state index in [1.807, 2.05) is 65.1 Å². The molecular formula is C34H44N6O4. The van der Waals surface area contributed by atoms with Crippen molar-refractivity contribution < 1.29 is 14.3 Å². The molecule has 1 saturated heterocycles. The quantitative estimate of drug-likeness (QED) is 0.400. The monoisotopic (exact) mass is 600 g/mol. The molecule has 4 heterocycles. The van der Waals surface area contributed by atoms with Crippen molar-refractivity contribution in [1.29, 1.82) is 0 Å². The Balaban J connectivity index is 1.35. The molecule has 1 fully saturated rings. The van der Waals surface area contributed by atoms with E-state index in [0.29, 0.717) is 37.3 Å². The number of carbonyl (C=O) groups excluding carboxylic acids is 2. The fourth-order valence-corrected chi connectivity index (χ4v) is 5.99. The minimum Gasteiger partial charge on any atom is -0.444 e. The van der Waals surface area contributed by atoms with Crippen molar-refractivity contribution in [1.82, 2.24) is 20.2 Å². The van der Waals surface area contributed by atoms with Gasteiger partial charge in [0.15, 0.2) is 0 Å². The molecule has 0 bridgehead atoms. The molecule has 5 rings (SSSR count). The Kier molecular flexibility index (Phi) is 8.99. The molecule has 2 amide bonds. The van der Waals surface area contributed by atoms with Crippen LogP contribution in [0.25, 0.3) is 11.1 Å². The maximum absolute atomic E-state index is 13.6. The number of rotatable bonds is 7. The number of H-pyrrole nitrogens is 1. The van der Waals surface area contributed by atoms with E-state index in [1.54, 1.807) is 4.90 Å². The van der Waals surface area contributed by atoms with E-state index in [0.717, 1.165) is 65.4 Å². The van der Waals surface area contributed by atoms with Gasteiger partial charge in [0.1, 0.15) is 11.4 Å². The van der Waals surface area contributed by atoms with Crippen LogP contribution < -0.4 is 20.7 Å². The van der Waals surface area contributed by atoms with E-state index in [4.69, 9.17) is 9.72 Å². The Hall–Kier alpha value is -4.34. The van der Waals surface area contributed by atoms with Crippen LogP contribution in [0.4, 0.5) is 16.3 Å². The minimum absolute atomic E-state index is 0.162. The smallest absolute Gasteiger partial charge is 0.410 e. The second kappa shape index (κ2) is 12.7. The number of benzene rings is 1. The number of anilines is 2. The third kappa shape index (κ3) is 6.90. The molecule has 2 aromatic heterocycles. The van der Waals surface area contributed by atoms with Gasteiger partial charge < -0.3 is 29.7 Å². The first kappa shape index (κ1) is 31.1. The normalized spacial score (nSPS) is 14.9. The molecule has 2 aliphatic heterocycles. The zero-order chi connectivity index (χ0) is 31.6. The fourth-order valence-electron chi connectivity index (χ4n) is 5.99. The summed E-state index contributed by atoms with van der Waals surface area (Å²) in [6, 6.07) is 10.1. The lowest BCUT2D eigenvalue weighted by Gasteiger charge is -2.36. The highest BCUT2D eigenvalue weighted by molar-refractivity contribution is 5.99. The van der Waals surface area contributed by atoms with E-state index >= 15 is 0 Å². The zero-order valence-electron chi connectivity index (χ0n) is 26.7. The van der Waals surface area contributed by atoms with Crippen LogP contribution in [0.1, 0.15) is 66.9 Å². The van der Waals surface area contributed by atoms with E-state index in [-0.39, 0.29) is 24.1 Å².